The number of anilines is 2. The largest absolute Gasteiger partial charge is 0.376 e. The van der Waals surface area contributed by atoms with Crippen LogP contribution in [0.1, 0.15) is 52.7 Å². The van der Waals surface area contributed by atoms with Crippen molar-refractivity contribution in [3.05, 3.63) is 139 Å². The van der Waals surface area contributed by atoms with Crippen LogP contribution in [0.15, 0.2) is 127 Å². The fourth-order valence-electron chi connectivity index (χ4n) is 9.17. The number of nitrogens with zero attached hydrogens (tertiary/aromatic N) is 2. The zero-order valence-corrected chi connectivity index (χ0v) is 31.3. The fourth-order valence-corrected chi connectivity index (χ4v) is 10.3. The van der Waals surface area contributed by atoms with E-state index in [9.17, 15) is 0 Å². The van der Waals surface area contributed by atoms with Gasteiger partial charge in [-0.25, -0.2) is 0 Å². The van der Waals surface area contributed by atoms with Crippen molar-refractivity contribution >= 4 is 93.2 Å². The van der Waals surface area contributed by atoms with Crippen molar-refractivity contribution in [2.24, 2.45) is 0 Å². The predicted octanol–water partition coefficient (Wildman–Crippen LogP) is 12.1. The van der Waals surface area contributed by atoms with Crippen LogP contribution < -0.4 is 15.7 Å². The highest BCUT2D eigenvalue weighted by molar-refractivity contribution is 7.25. The molecule has 0 bridgehead atoms. The van der Waals surface area contributed by atoms with Gasteiger partial charge >= 0.3 is 6.85 Å². The van der Waals surface area contributed by atoms with Crippen LogP contribution >= 0.6 is 11.3 Å². The number of thiophene rings is 1. The summed E-state index contributed by atoms with van der Waals surface area (Å²) in [6.07, 6.45) is 0. The van der Waals surface area contributed by atoms with E-state index in [2.05, 4.69) is 178 Å². The molecule has 0 saturated carbocycles. The highest BCUT2D eigenvalue weighted by Crippen LogP contribution is 2.48. The SMILES string of the molecule is CC(C)(C)c1ccc(N2B3c4cc(C(C)(C)C)ccc4-n4c5cc6sc7ccccc7c6cc5c5ccc(c3c54)-c3cc4ccccc4cc32)cc1. The van der Waals surface area contributed by atoms with Gasteiger partial charge in [0.25, 0.3) is 0 Å². The number of benzene rings is 7. The molecule has 0 N–H and O–H groups in total. The number of aromatic nitrogens is 1. The van der Waals surface area contributed by atoms with E-state index in [1.807, 2.05) is 11.3 Å². The maximum absolute atomic E-state index is 2.66. The normalized spacial score (nSPS) is 13.9. The predicted molar refractivity (Wildman–Crippen MR) is 228 cm³/mol. The Morgan fingerprint density at radius 1 is 0.519 bits per heavy atom. The number of hydrogen-bond acceptors (Lipinski definition) is 2. The van der Waals surface area contributed by atoms with Gasteiger partial charge in [0.2, 0.25) is 0 Å². The molecule has 0 amide bonds. The lowest BCUT2D eigenvalue weighted by Gasteiger charge is -2.42. The summed E-state index contributed by atoms with van der Waals surface area (Å²) in [5.41, 5.74) is 14.6. The molecule has 2 nitrogen and oxygen atoms in total. The van der Waals surface area contributed by atoms with Crippen molar-refractivity contribution in [3.8, 4) is 16.8 Å². The van der Waals surface area contributed by atoms with Crippen molar-refractivity contribution in [1.29, 1.82) is 0 Å². The van der Waals surface area contributed by atoms with Crippen LogP contribution in [0.5, 0.6) is 0 Å². The first kappa shape index (κ1) is 30.3. The minimum absolute atomic E-state index is 0.00362. The monoisotopic (exact) mass is 686 g/mol. The van der Waals surface area contributed by atoms with Crippen molar-refractivity contribution in [2.45, 2.75) is 52.4 Å². The van der Waals surface area contributed by atoms with E-state index in [0.29, 0.717) is 0 Å². The molecule has 11 rings (SSSR count). The molecule has 7 aromatic carbocycles. The molecule has 0 fully saturated rings. The van der Waals surface area contributed by atoms with Gasteiger partial charge in [-0.05, 0) is 97.7 Å². The van der Waals surface area contributed by atoms with Crippen LogP contribution in [0.4, 0.5) is 11.4 Å². The summed E-state index contributed by atoms with van der Waals surface area (Å²) >= 11 is 1.90. The van der Waals surface area contributed by atoms with E-state index in [1.165, 1.54) is 103 Å². The van der Waals surface area contributed by atoms with Gasteiger partial charge in [0, 0.05) is 53.6 Å². The maximum Gasteiger partial charge on any atom is 0.333 e. The van der Waals surface area contributed by atoms with E-state index in [-0.39, 0.29) is 17.7 Å². The lowest BCUT2D eigenvalue weighted by molar-refractivity contribution is 0.590. The molecule has 0 spiro atoms. The van der Waals surface area contributed by atoms with E-state index >= 15 is 0 Å². The van der Waals surface area contributed by atoms with Crippen LogP contribution in [0, 0.1) is 0 Å². The topological polar surface area (TPSA) is 8.17 Å². The van der Waals surface area contributed by atoms with Gasteiger partial charge in [-0.3, -0.25) is 0 Å². The second-order valence-electron chi connectivity index (χ2n) is 17.0. The fraction of sp³-hybridized carbons (Fsp3) is 0.167. The van der Waals surface area contributed by atoms with Gasteiger partial charge in [-0.1, -0.05) is 120 Å². The Balaban J connectivity index is 1.31. The third kappa shape index (κ3) is 4.07. The molecule has 2 aromatic heterocycles. The summed E-state index contributed by atoms with van der Waals surface area (Å²) in [6, 6.07) is 49.1. The van der Waals surface area contributed by atoms with E-state index in [1.54, 1.807) is 0 Å². The first-order valence-corrected chi connectivity index (χ1v) is 19.4. The van der Waals surface area contributed by atoms with Gasteiger partial charge < -0.3 is 9.38 Å². The van der Waals surface area contributed by atoms with Gasteiger partial charge in [0.1, 0.15) is 0 Å². The summed E-state index contributed by atoms with van der Waals surface area (Å²) in [4.78, 5) is 2.66. The lowest BCUT2D eigenvalue weighted by atomic mass is 9.43. The third-order valence-electron chi connectivity index (χ3n) is 11.9. The van der Waals surface area contributed by atoms with Crippen LogP contribution in [0.2, 0.25) is 0 Å². The third-order valence-corrected chi connectivity index (χ3v) is 13.0. The quantitative estimate of drug-likeness (QED) is 0.156. The van der Waals surface area contributed by atoms with Crippen LogP contribution in [-0.2, 0) is 10.8 Å². The zero-order chi connectivity index (χ0) is 35.3. The summed E-state index contributed by atoms with van der Waals surface area (Å²) in [5.74, 6) is 0. The molecule has 9 aromatic rings. The van der Waals surface area contributed by atoms with E-state index < -0.39 is 0 Å². The van der Waals surface area contributed by atoms with Crippen LogP contribution in [-0.4, -0.2) is 11.4 Å². The molecule has 2 aliphatic heterocycles. The Bertz CT molecular complexity index is 2990. The second kappa shape index (κ2) is 10.2. The Labute approximate surface area is 309 Å². The molecule has 4 heterocycles. The Morgan fingerprint density at radius 3 is 2.00 bits per heavy atom. The highest BCUT2D eigenvalue weighted by atomic mass is 32.1. The molecule has 0 unspecified atom stereocenters. The summed E-state index contributed by atoms with van der Waals surface area (Å²) in [7, 11) is 0. The Kier molecular flexibility index (Phi) is 5.93. The summed E-state index contributed by atoms with van der Waals surface area (Å²) < 4.78 is 5.30. The van der Waals surface area contributed by atoms with Crippen molar-refractivity contribution < 1.29 is 0 Å². The van der Waals surface area contributed by atoms with Crippen LogP contribution in [0.25, 0.3) is 69.6 Å². The number of fused-ring (bicyclic) bond motifs is 12. The maximum atomic E-state index is 2.66. The zero-order valence-electron chi connectivity index (χ0n) is 30.5. The standard InChI is InChI=1S/C48H39BN2S/c1-47(2,3)30-15-18-32(19-16-30)51-42-24-29-12-8-7-11-28(29)23-36(42)34-20-21-35-37-26-38-33-13-9-10-14-43(33)52-44(38)27-41(37)50-40-22-17-31(48(4,5)6)25-39(40)49(51)45(34)46(35)50/h7-27H,1-6H3. The minimum Gasteiger partial charge on any atom is -0.376 e. The first-order valence-electron chi connectivity index (χ1n) is 18.5. The second-order valence-corrected chi connectivity index (χ2v) is 18.1. The molecule has 0 atom stereocenters. The molecule has 0 saturated heterocycles. The van der Waals surface area contributed by atoms with Gasteiger partial charge in [-0.2, -0.15) is 0 Å². The Morgan fingerprint density at radius 2 is 1.23 bits per heavy atom. The molecule has 0 radical (unpaired) electrons. The minimum atomic E-state index is 0.00362. The van der Waals surface area contributed by atoms with Gasteiger partial charge in [0.05, 0.1) is 11.0 Å². The average Bonchev–Trinajstić information content (AvgIpc) is 3.66. The van der Waals surface area contributed by atoms with E-state index in [4.69, 9.17) is 0 Å². The lowest BCUT2D eigenvalue weighted by Crippen LogP contribution is -2.60. The summed E-state index contributed by atoms with van der Waals surface area (Å²) in [5, 5.41) is 7.88. The van der Waals surface area contributed by atoms with E-state index in [0.717, 1.165) is 0 Å². The van der Waals surface area contributed by atoms with Crippen molar-refractivity contribution in [1.82, 2.24) is 4.57 Å². The molecule has 0 aliphatic carbocycles. The van der Waals surface area contributed by atoms with Crippen molar-refractivity contribution in [3.63, 3.8) is 0 Å². The Hall–Kier alpha value is -5.32. The molecule has 52 heavy (non-hydrogen) atoms. The number of rotatable bonds is 1. The molecular formula is C48H39BN2S. The molecular weight excluding hydrogens is 647 g/mol. The average molecular weight is 687 g/mol. The number of hydrogen-bond donors (Lipinski definition) is 0. The molecule has 4 heteroatoms. The smallest absolute Gasteiger partial charge is 0.333 e. The first-order chi connectivity index (χ1) is 25.0. The summed E-state index contributed by atoms with van der Waals surface area (Å²) in [6.45, 7) is 13.9. The van der Waals surface area contributed by atoms with Crippen molar-refractivity contribution in [2.75, 3.05) is 4.81 Å². The molecule has 250 valence electrons. The van der Waals surface area contributed by atoms with Gasteiger partial charge in [-0.15, -0.1) is 11.3 Å². The van der Waals surface area contributed by atoms with Gasteiger partial charge in [0.15, 0.2) is 0 Å². The van der Waals surface area contributed by atoms with Crippen LogP contribution in [0.3, 0.4) is 0 Å². The molecule has 2 aliphatic rings. The highest BCUT2D eigenvalue weighted by Gasteiger charge is 2.44.